The van der Waals surface area contributed by atoms with E-state index in [1.54, 1.807) is 0 Å². The van der Waals surface area contributed by atoms with E-state index in [0.717, 1.165) is 11.3 Å². The number of hydrogen-bond acceptors (Lipinski definition) is 1. The second kappa shape index (κ2) is 10.8. The van der Waals surface area contributed by atoms with E-state index in [-0.39, 0.29) is 0 Å². The molecule has 0 spiro atoms. The topological polar surface area (TPSA) is 12.9 Å². The molecule has 0 unspecified atom stereocenters. The van der Waals surface area contributed by atoms with Crippen LogP contribution in [-0.2, 0) is 0 Å². The molecule has 0 saturated heterocycles. The van der Waals surface area contributed by atoms with Crippen LogP contribution in [0.4, 0.5) is 0 Å². The van der Waals surface area contributed by atoms with Crippen LogP contribution in [0.15, 0.2) is 176 Å². The third-order valence-electron chi connectivity index (χ3n) is 9.28. The third-order valence-corrected chi connectivity index (χ3v) is 9.28. The molecule has 0 atom stereocenters. The Morgan fingerprint density at radius 2 is 0.848 bits per heavy atom. The average Bonchev–Trinajstić information content (AvgIpc) is 3.14. The predicted molar refractivity (Wildman–Crippen MR) is 195 cm³/mol. The molecule has 1 aromatic heterocycles. The Morgan fingerprint density at radius 1 is 0.304 bits per heavy atom. The lowest BCUT2D eigenvalue weighted by Crippen LogP contribution is -1.91. The van der Waals surface area contributed by atoms with Gasteiger partial charge < -0.3 is 0 Å². The van der Waals surface area contributed by atoms with Gasteiger partial charge >= 0.3 is 0 Å². The third kappa shape index (κ3) is 4.45. The first-order valence-corrected chi connectivity index (χ1v) is 15.8. The van der Waals surface area contributed by atoms with Crippen LogP contribution in [0.2, 0.25) is 0 Å². The quantitative estimate of drug-likeness (QED) is 0.184. The van der Waals surface area contributed by atoms with Crippen molar-refractivity contribution in [3.05, 3.63) is 176 Å². The van der Waals surface area contributed by atoms with Gasteiger partial charge in [-0.25, -0.2) is 0 Å². The molecule has 0 bridgehead atoms. The molecular formula is C45H29N. The average molecular weight is 584 g/mol. The van der Waals surface area contributed by atoms with Gasteiger partial charge in [-0.05, 0) is 107 Å². The summed E-state index contributed by atoms with van der Waals surface area (Å²) in [6, 6.07) is 61.6. The first kappa shape index (κ1) is 26.4. The minimum atomic E-state index is 0.982. The summed E-state index contributed by atoms with van der Waals surface area (Å²) < 4.78 is 0. The largest absolute Gasteiger partial charge is 0.256 e. The summed E-state index contributed by atoms with van der Waals surface area (Å²) in [4.78, 5) is 4.58. The fraction of sp³-hybridized carbons (Fsp3) is 0. The van der Waals surface area contributed by atoms with Gasteiger partial charge in [0.1, 0.15) is 0 Å². The zero-order chi connectivity index (χ0) is 30.5. The molecule has 1 heterocycles. The standard InChI is InChI=1S/C45H29N/c1-2-9-30(10-3-1)31-18-20-32(21-19-31)41-29-42(40-25-23-34-12-6-11-33-22-24-39(41)45(40)44(33)34)37-15-7-13-35(27-37)36-14-8-16-38(28-36)43-17-4-5-26-46-43/h1-29H. The van der Waals surface area contributed by atoms with Crippen LogP contribution in [-0.4, -0.2) is 4.98 Å². The maximum absolute atomic E-state index is 4.58. The van der Waals surface area contributed by atoms with Gasteiger partial charge in [-0.3, -0.25) is 4.98 Å². The molecule has 0 fully saturated rings. The second-order valence-corrected chi connectivity index (χ2v) is 12.0. The minimum Gasteiger partial charge on any atom is -0.256 e. The molecule has 0 radical (unpaired) electrons. The molecule has 9 aromatic rings. The van der Waals surface area contributed by atoms with Gasteiger partial charge in [0.15, 0.2) is 0 Å². The van der Waals surface area contributed by atoms with Crippen LogP contribution in [0.25, 0.3) is 88.1 Å². The molecule has 214 valence electrons. The van der Waals surface area contributed by atoms with E-state index in [0.29, 0.717) is 0 Å². The van der Waals surface area contributed by atoms with E-state index in [4.69, 9.17) is 0 Å². The van der Waals surface area contributed by atoms with Crippen LogP contribution in [0, 0.1) is 0 Å². The van der Waals surface area contributed by atoms with E-state index in [1.807, 2.05) is 18.3 Å². The number of aromatic nitrogens is 1. The molecule has 0 aliphatic carbocycles. The zero-order valence-corrected chi connectivity index (χ0v) is 25.2. The smallest absolute Gasteiger partial charge is 0.0702 e. The van der Waals surface area contributed by atoms with Crippen molar-refractivity contribution >= 4 is 32.3 Å². The van der Waals surface area contributed by atoms with Crippen molar-refractivity contribution in [2.45, 2.75) is 0 Å². The molecule has 0 amide bonds. The highest BCUT2D eigenvalue weighted by atomic mass is 14.7. The summed E-state index contributed by atoms with van der Waals surface area (Å²) in [6.07, 6.45) is 1.85. The fourth-order valence-electron chi connectivity index (χ4n) is 7.04. The molecule has 0 saturated carbocycles. The molecule has 8 aromatic carbocycles. The molecule has 1 nitrogen and oxygen atoms in total. The lowest BCUT2D eigenvalue weighted by atomic mass is 9.85. The Labute approximate surface area is 268 Å². The van der Waals surface area contributed by atoms with Crippen LogP contribution in [0.1, 0.15) is 0 Å². The summed E-state index contributed by atoms with van der Waals surface area (Å²) in [5.41, 5.74) is 11.9. The highest BCUT2D eigenvalue weighted by Gasteiger charge is 2.17. The minimum absolute atomic E-state index is 0.982. The highest BCUT2D eigenvalue weighted by Crippen LogP contribution is 2.44. The number of nitrogens with zero attached hydrogens (tertiary/aromatic N) is 1. The Hall–Kier alpha value is -6.05. The SMILES string of the molecule is c1ccc(-c2ccc(-c3cc(-c4cccc(-c5cccc(-c6ccccn6)c5)c4)c4ccc5cccc6ccc3c4c65)cc2)cc1. The van der Waals surface area contributed by atoms with Crippen molar-refractivity contribution in [2.24, 2.45) is 0 Å². The van der Waals surface area contributed by atoms with Gasteiger partial charge in [-0.2, -0.15) is 0 Å². The van der Waals surface area contributed by atoms with E-state index in [1.165, 1.54) is 76.8 Å². The van der Waals surface area contributed by atoms with Crippen molar-refractivity contribution in [3.8, 4) is 55.8 Å². The van der Waals surface area contributed by atoms with E-state index in [9.17, 15) is 0 Å². The highest BCUT2D eigenvalue weighted by molar-refractivity contribution is 6.28. The Balaban J connectivity index is 1.25. The second-order valence-electron chi connectivity index (χ2n) is 12.0. The summed E-state index contributed by atoms with van der Waals surface area (Å²) in [5, 5.41) is 7.79. The van der Waals surface area contributed by atoms with Gasteiger partial charge in [0.25, 0.3) is 0 Å². The maximum Gasteiger partial charge on any atom is 0.0702 e. The van der Waals surface area contributed by atoms with E-state index >= 15 is 0 Å². The van der Waals surface area contributed by atoms with Gasteiger partial charge in [-0.15, -0.1) is 0 Å². The van der Waals surface area contributed by atoms with Gasteiger partial charge in [0, 0.05) is 11.8 Å². The summed E-state index contributed by atoms with van der Waals surface area (Å²) in [6.45, 7) is 0. The Morgan fingerprint density at radius 3 is 1.54 bits per heavy atom. The van der Waals surface area contributed by atoms with Crippen LogP contribution in [0.3, 0.4) is 0 Å². The lowest BCUT2D eigenvalue weighted by Gasteiger charge is -2.18. The molecule has 1 heteroatoms. The van der Waals surface area contributed by atoms with Crippen molar-refractivity contribution in [2.75, 3.05) is 0 Å². The van der Waals surface area contributed by atoms with Crippen molar-refractivity contribution in [1.82, 2.24) is 4.98 Å². The zero-order valence-electron chi connectivity index (χ0n) is 25.2. The fourth-order valence-corrected chi connectivity index (χ4v) is 7.04. The van der Waals surface area contributed by atoms with Gasteiger partial charge in [0.05, 0.1) is 5.69 Å². The summed E-state index contributed by atoms with van der Waals surface area (Å²) in [5.74, 6) is 0. The maximum atomic E-state index is 4.58. The van der Waals surface area contributed by atoms with Gasteiger partial charge in [0.2, 0.25) is 0 Å². The lowest BCUT2D eigenvalue weighted by molar-refractivity contribution is 1.33. The van der Waals surface area contributed by atoms with Crippen molar-refractivity contribution in [3.63, 3.8) is 0 Å². The summed E-state index contributed by atoms with van der Waals surface area (Å²) in [7, 11) is 0. The molecule has 0 N–H and O–H groups in total. The van der Waals surface area contributed by atoms with E-state index < -0.39 is 0 Å². The summed E-state index contributed by atoms with van der Waals surface area (Å²) >= 11 is 0. The molecule has 0 aliphatic heterocycles. The van der Waals surface area contributed by atoms with Crippen LogP contribution < -0.4 is 0 Å². The first-order valence-electron chi connectivity index (χ1n) is 15.8. The Kier molecular flexibility index (Phi) is 6.21. The first-order chi connectivity index (χ1) is 22.8. The number of pyridine rings is 1. The number of hydrogen-bond donors (Lipinski definition) is 0. The van der Waals surface area contributed by atoms with Crippen molar-refractivity contribution in [1.29, 1.82) is 0 Å². The normalized spacial score (nSPS) is 11.5. The van der Waals surface area contributed by atoms with Crippen LogP contribution in [0.5, 0.6) is 0 Å². The number of benzene rings is 8. The monoisotopic (exact) mass is 583 g/mol. The number of rotatable bonds is 5. The van der Waals surface area contributed by atoms with Crippen molar-refractivity contribution < 1.29 is 0 Å². The van der Waals surface area contributed by atoms with E-state index in [2.05, 4.69) is 163 Å². The van der Waals surface area contributed by atoms with Crippen LogP contribution >= 0.6 is 0 Å². The van der Waals surface area contributed by atoms with Gasteiger partial charge in [-0.1, -0.05) is 140 Å². The molecular weight excluding hydrogens is 555 g/mol. The predicted octanol–water partition coefficient (Wildman–Crippen LogP) is 12.3. The molecule has 9 rings (SSSR count). The molecule has 46 heavy (non-hydrogen) atoms. The molecule has 0 aliphatic rings. The Bertz CT molecular complexity index is 2480.